The zero-order chi connectivity index (χ0) is 11.6. The molecule has 0 amide bonds. The highest BCUT2D eigenvalue weighted by atomic mass is 35.5. The first kappa shape index (κ1) is 11.7. The van der Waals surface area contributed by atoms with Gasteiger partial charge in [-0.1, -0.05) is 48.4 Å². The highest BCUT2D eigenvalue weighted by Crippen LogP contribution is 2.42. The van der Waals surface area contributed by atoms with Gasteiger partial charge in [0, 0.05) is 5.02 Å². The van der Waals surface area contributed by atoms with Gasteiger partial charge < -0.3 is 5.32 Å². The maximum atomic E-state index is 6.31. The van der Waals surface area contributed by atoms with Gasteiger partial charge in [0.25, 0.3) is 0 Å². The highest BCUT2D eigenvalue weighted by Gasteiger charge is 2.36. The quantitative estimate of drug-likeness (QED) is 0.767. The number of hydrogen-bond acceptors (Lipinski definition) is 1. The van der Waals surface area contributed by atoms with E-state index >= 15 is 0 Å². The lowest BCUT2D eigenvalue weighted by Crippen LogP contribution is -2.43. The Balaban J connectivity index is 2.48. The Morgan fingerprint density at radius 1 is 1.31 bits per heavy atom. The second kappa shape index (κ2) is 4.60. The normalized spacial score (nSPS) is 25.8. The second-order valence-electron chi connectivity index (χ2n) is 4.45. The van der Waals surface area contributed by atoms with Crippen LogP contribution >= 0.6 is 11.6 Å². The minimum Gasteiger partial charge on any atom is -0.307 e. The van der Waals surface area contributed by atoms with E-state index in [1.54, 1.807) is 0 Å². The van der Waals surface area contributed by atoms with Crippen LogP contribution in [-0.4, -0.2) is 7.05 Å². The summed E-state index contributed by atoms with van der Waals surface area (Å²) < 4.78 is 0. The van der Waals surface area contributed by atoms with E-state index in [1.807, 2.05) is 25.2 Å². The Kier molecular flexibility index (Phi) is 3.36. The smallest absolute Gasteiger partial charge is 0.0659 e. The molecule has 86 valence electrons. The molecule has 1 aromatic rings. The number of likely N-dealkylation sites (N-methyl/N-ethyl adjacent to an activating group) is 1. The van der Waals surface area contributed by atoms with Crippen LogP contribution in [0.5, 0.6) is 0 Å². The van der Waals surface area contributed by atoms with Crippen LogP contribution in [0.25, 0.3) is 0 Å². The monoisotopic (exact) mass is 235 g/mol. The fraction of sp³-hybridized carbons (Fsp3) is 0.429. The summed E-state index contributed by atoms with van der Waals surface area (Å²) >= 11 is 6.31. The van der Waals surface area contributed by atoms with Crippen LogP contribution in [-0.2, 0) is 5.54 Å². The first-order valence-electron chi connectivity index (χ1n) is 5.83. The van der Waals surface area contributed by atoms with Gasteiger partial charge in [-0.2, -0.15) is 0 Å². The van der Waals surface area contributed by atoms with E-state index in [0.717, 1.165) is 17.9 Å². The van der Waals surface area contributed by atoms with Crippen LogP contribution in [0.3, 0.4) is 0 Å². The first-order chi connectivity index (χ1) is 7.70. The maximum Gasteiger partial charge on any atom is 0.0659 e. The predicted molar refractivity (Wildman–Crippen MR) is 69.8 cm³/mol. The van der Waals surface area contributed by atoms with Crippen LogP contribution in [0.15, 0.2) is 36.4 Å². The second-order valence-corrected chi connectivity index (χ2v) is 4.85. The van der Waals surface area contributed by atoms with Gasteiger partial charge in [-0.25, -0.2) is 0 Å². The van der Waals surface area contributed by atoms with Crippen molar-refractivity contribution in [2.24, 2.45) is 0 Å². The summed E-state index contributed by atoms with van der Waals surface area (Å²) in [6.45, 7) is 4.23. The highest BCUT2D eigenvalue weighted by molar-refractivity contribution is 6.31. The van der Waals surface area contributed by atoms with Crippen molar-refractivity contribution < 1.29 is 0 Å². The third-order valence-corrected chi connectivity index (χ3v) is 3.97. The molecule has 0 spiro atoms. The molecule has 0 aromatic heterocycles. The van der Waals surface area contributed by atoms with Crippen LogP contribution < -0.4 is 5.32 Å². The molecule has 1 aliphatic rings. The van der Waals surface area contributed by atoms with Crippen molar-refractivity contribution >= 4 is 11.6 Å². The van der Waals surface area contributed by atoms with E-state index in [-0.39, 0.29) is 5.54 Å². The summed E-state index contributed by atoms with van der Waals surface area (Å²) in [6, 6.07) is 8.08. The predicted octanol–water partition coefficient (Wildman–Crippen LogP) is 3.88. The molecule has 2 rings (SSSR count). The van der Waals surface area contributed by atoms with Crippen LogP contribution in [0.2, 0.25) is 5.02 Å². The van der Waals surface area contributed by atoms with E-state index in [2.05, 4.69) is 18.0 Å². The molecule has 0 bridgehead atoms. The first-order valence-corrected chi connectivity index (χ1v) is 6.20. The van der Waals surface area contributed by atoms with Crippen molar-refractivity contribution in [2.75, 3.05) is 7.05 Å². The van der Waals surface area contributed by atoms with Crippen molar-refractivity contribution in [3.05, 3.63) is 47.0 Å². The van der Waals surface area contributed by atoms with Gasteiger partial charge >= 0.3 is 0 Å². The Morgan fingerprint density at radius 2 is 2.06 bits per heavy atom. The standard InChI is InChI=1S/C14H18ClN/c1-11-7-5-6-10-14(11,16-2)12-8-3-4-9-13(12)15/h3-4,8-9,16H,1,5-7,10H2,2H3/t14-/m1/s1. The molecular formula is C14H18ClN. The molecule has 1 aromatic carbocycles. The SMILES string of the molecule is C=C1CCCC[C@]1(NC)c1ccccc1Cl. The van der Waals surface area contributed by atoms with Crippen molar-refractivity contribution in [1.29, 1.82) is 0 Å². The molecule has 0 saturated heterocycles. The van der Waals surface area contributed by atoms with E-state index in [0.29, 0.717) is 0 Å². The number of halogens is 1. The van der Waals surface area contributed by atoms with Crippen LogP contribution in [0, 0.1) is 0 Å². The summed E-state index contributed by atoms with van der Waals surface area (Å²) in [6.07, 6.45) is 4.65. The van der Waals surface area contributed by atoms with Gasteiger partial charge in [-0.15, -0.1) is 0 Å². The number of hydrogen-bond donors (Lipinski definition) is 1. The van der Waals surface area contributed by atoms with Crippen molar-refractivity contribution in [3.8, 4) is 0 Å². The molecule has 0 radical (unpaired) electrons. The molecule has 1 fully saturated rings. The minimum absolute atomic E-state index is 0.114. The summed E-state index contributed by atoms with van der Waals surface area (Å²) in [5, 5.41) is 4.27. The van der Waals surface area contributed by atoms with E-state index in [1.165, 1.54) is 24.0 Å². The van der Waals surface area contributed by atoms with E-state index in [9.17, 15) is 0 Å². The van der Waals surface area contributed by atoms with Gasteiger partial charge in [0.2, 0.25) is 0 Å². The summed E-state index contributed by atoms with van der Waals surface area (Å²) in [5.41, 5.74) is 2.31. The average Bonchev–Trinajstić information content (AvgIpc) is 2.31. The molecule has 0 heterocycles. The lowest BCUT2D eigenvalue weighted by Gasteiger charge is -2.40. The molecule has 0 aliphatic heterocycles. The Hall–Kier alpha value is -0.790. The summed E-state index contributed by atoms with van der Waals surface area (Å²) in [4.78, 5) is 0. The summed E-state index contributed by atoms with van der Waals surface area (Å²) in [5.74, 6) is 0. The van der Waals surface area contributed by atoms with E-state index < -0.39 is 0 Å². The minimum atomic E-state index is -0.114. The topological polar surface area (TPSA) is 12.0 Å². The largest absolute Gasteiger partial charge is 0.307 e. The molecule has 0 unspecified atom stereocenters. The lowest BCUT2D eigenvalue weighted by molar-refractivity contribution is 0.335. The third-order valence-electron chi connectivity index (χ3n) is 3.64. The molecule has 1 nitrogen and oxygen atoms in total. The number of rotatable bonds is 2. The molecule has 16 heavy (non-hydrogen) atoms. The Labute approximate surface area is 103 Å². The van der Waals surface area contributed by atoms with Gasteiger partial charge in [-0.3, -0.25) is 0 Å². The maximum absolute atomic E-state index is 6.31. The zero-order valence-electron chi connectivity index (χ0n) is 9.72. The van der Waals surface area contributed by atoms with Gasteiger partial charge in [-0.05, 0) is 37.9 Å². The summed E-state index contributed by atoms with van der Waals surface area (Å²) in [7, 11) is 2.00. The Morgan fingerprint density at radius 3 is 2.69 bits per heavy atom. The van der Waals surface area contributed by atoms with Crippen LogP contribution in [0.4, 0.5) is 0 Å². The molecule has 1 aliphatic carbocycles. The van der Waals surface area contributed by atoms with Crippen molar-refractivity contribution in [1.82, 2.24) is 5.32 Å². The molecule has 1 atom stereocenters. The van der Waals surface area contributed by atoms with Crippen molar-refractivity contribution in [3.63, 3.8) is 0 Å². The average molecular weight is 236 g/mol. The molecule has 2 heteroatoms. The molecule has 1 N–H and O–H groups in total. The van der Waals surface area contributed by atoms with E-state index in [4.69, 9.17) is 11.6 Å². The van der Waals surface area contributed by atoms with Crippen LogP contribution in [0.1, 0.15) is 31.2 Å². The Bertz CT molecular complexity index is 399. The fourth-order valence-corrected chi connectivity index (χ4v) is 2.98. The molecular weight excluding hydrogens is 218 g/mol. The third kappa shape index (κ3) is 1.79. The number of benzene rings is 1. The number of nitrogens with one attached hydrogen (secondary N) is 1. The fourth-order valence-electron chi connectivity index (χ4n) is 2.69. The van der Waals surface area contributed by atoms with Gasteiger partial charge in [0.15, 0.2) is 0 Å². The van der Waals surface area contributed by atoms with Crippen molar-refractivity contribution in [2.45, 2.75) is 31.2 Å². The zero-order valence-corrected chi connectivity index (χ0v) is 10.5. The lowest BCUT2D eigenvalue weighted by atomic mass is 9.73. The van der Waals surface area contributed by atoms with Gasteiger partial charge in [0.1, 0.15) is 0 Å². The van der Waals surface area contributed by atoms with Gasteiger partial charge in [0.05, 0.1) is 5.54 Å². The molecule has 1 saturated carbocycles.